The van der Waals surface area contributed by atoms with E-state index < -0.39 is 0 Å². The number of para-hydroxylation sites is 1. The maximum Gasteiger partial charge on any atom is 0.197 e. The number of hydrogen-bond donors (Lipinski definition) is 2. The molecule has 0 aliphatic rings. The van der Waals surface area contributed by atoms with E-state index in [0.29, 0.717) is 0 Å². The van der Waals surface area contributed by atoms with E-state index in [0.717, 1.165) is 22.2 Å². The predicted octanol–water partition coefficient (Wildman–Crippen LogP) is 3.05. The molecule has 0 unspecified atom stereocenters. The van der Waals surface area contributed by atoms with Gasteiger partial charge >= 0.3 is 0 Å². The van der Waals surface area contributed by atoms with Gasteiger partial charge in [-0.05, 0) is 17.7 Å². The van der Waals surface area contributed by atoms with Crippen molar-refractivity contribution in [2.75, 3.05) is 0 Å². The standard InChI is InChI=1S/C15H13N3/c16-15(17)18-13-9-5-4-8-12(13)10-14(18)11-6-2-1-3-7-11/h1-10H,(H3,16,17). The molecule has 88 valence electrons. The highest BCUT2D eigenvalue weighted by Gasteiger charge is 2.11. The summed E-state index contributed by atoms with van der Waals surface area (Å²) in [6.45, 7) is 0. The molecule has 3 heteroatoms. The molecule has 3 rings (SSSR count). The zero-order chi connectivity index (χ0) is 12.5. The smallest absolute Gasteiger partial charge is 0.197 e. The maximum absolute atomic E-state index is 7.76. The molecule has 0 saturated carbocycles. The van der Waals surface area contributed by atoms with E-state index in [1.807, 2.05) is 54.6 Å². The monoisotopic (exact) mass is 235 g/mol. The molecule has 3 N–H and O–H groups in total. The van der Waals surface area contributed by atoms with Gasteiger partial charge in [0, 0.05) is 5.39 Å². The Labute approximate surface area is 105 Å². The maximum atomic E-state index is 7.76. The lowest BCUT2D eigenvalue weighted by molar-refractivity contribution is 1.15. The van der Waals surface area contributed by atoms with Crippen molar-refractivity contribution in [3.05, 3.63) is 60.7 Å². The molecule has 0 radical (unpaired) electrons. The molecule has 0 fully saturated rings. The number of rotatable bonds is 1. The highest BCUT2D eigenvalue weighted by molar-refractivity contribution is 5.98. The van der Waals surface area contributed by atoms with Gasteiger partial charge in [0.1, 0.15) is 0 Å². The fourth-order valence-corrected chi connectivity index (χ4v) is 2.24. The van der Waals surface area contributed by atoms with Crippen molar-refractivity contribution < 1.29 is 0 Å². The van der Waals surface area contributed by atoms with Crippen LogP contribution in [0.1, 0.15) is 0 Å². The first-order valence-corrected chi connectivity index (χ1v) is 5.77. The molecule has 0 aliphatic heterocycles. The molecule has 18 heavy (non-hydrogen) atoms. The van der Waals surface area contributed by atoms with Gasteiger partial charge in [0.05, 0.1) is 11.2 Å². The highest BCUT2D eigenvalue weighted by atomic mass is 15.1. The molecule has 0 amide bonds. The van der Waals surface area contributed by atoms with Crippen LogP contribution in [0.3, 0.4) is 0 Å². The molecule has 0 saturated heterocycles. The molecule has 3 nitrogen and oxygen atoms in total. The molecule has 0 aliphatic carbocycles. The van der Waals surface area contributed by atoms with Crippen LogP contribution in [0.25, 0.3) is 22.2 Å². The van der Waals surface area contributed by atoms with E-state index in [2.05, 4.69) is 6.07 Å². The number of nitrogens with zero attached hydrogens (tertiary/aromatic N) is 1. The summed E-state index contributed by atoms with van der Waals surface area (Å²) < 4.78 is 1.77. The normalized spacial score (nSPS) is 10.7. The number of nitrogens with one attached hydrogen (secondary N) is 1. The van der Waals surface area contributed by atoms with Crippen molar-refractivity contribution in [1.29, 1.82) is 5.41 Å². The lowest BCUT2D eigenvalue weighted by atomic mass is 10.1. The number of aromatic nitrogens is 1. The van der Waals surface area contributed by atoms with Gasteiger partial charge in [0.2, 0.25) is 0 Å². The fraction of sp³-hybridized carbons (Fsp3) is 0. The summed E-state index contributed by atoms with van der Waals surface area (Å²) in [5, 5.41) is 8.85. The predicted molar refractivity (Wildman–Crippen MR) is 74.7 cm³/mol. The van der Waals surface area contributed by atoms with E-state index in [1.54, 1.807) is 4.57 Å². The second kappa shape index (κ2) is 4.04. The van der Waals surface area contributed by atoms with Gasteiger partial charge in [-0.3, -0.25) is 9.98 Å². The van der Waals surface area contributed by atoms with Gasteiger partial charge < -0.3 is 5.73 Å². The number of nitrogen functional groups attached to an aromatic ring is 1. The lowest BCUT2D eigenvalue weighted by Gasteiger charge is -2.08. The zero-order valence-electron chi connectivity index (χ0n) is 9.80. The molecular formula is C15H13N3. The average Bonchev–Trinajstić information content (AvgIpc) is 2.79. The summed E-state index contributed by atoms with van der Waals surface area (Å²) in [4.78, 5) is 0. The first-order valence-electron chi connectivity index (χ1n) is 5.77. The van der Waals surface area contributed by atoms with Crippen molar-refractivity contribution in [2.24, 2.45) is 5.73 Å². The Hall–Kier alpha value is -2.55. The third kappa shape index (κ3) is 1.57. The van der Waals surface area contributed by atoms with Crippen molar-refractivity contribution in [2.45, 2.75) is 0 Å². The summed E-state index contributed by atoms with van der Waals surface area (Å²) in [5.41, 5.74) is 8.68. The van der Waals surface area contributed by atoms with Crippen molar-refractivity contribution in [1.82, 2.24) is 4.57 Å². The van der Waals surface area contributed by atoms with Crippen LogP contribution >= 0.6 is 0 Å². The van der Waals surface area contributed by atoms with Crippen LogP contribution in [0, 0.1) is 5.41 Å². The van der Waals surface area contributed by atoms with Gasteiger partial charge in [-0.1, -0.05) is 48.5 Å². The average molecular weight is 235 g/mol. The topological polar surface area (TPSA) is 54.8 Å². The Morgan fingerprint density at radius 3 is 2.33 bits per heavy atom. The molecule has 1 aromatic heterocycles. The molecule has 1 heterocycles. The van der Waals surface area contributed by atoms with Crippen LogP contribution in [0.2, 0.25) is 0 Å². The minimum Gasteiger partial charge on any atom is -0.369 e. The minimum absolute atomic E-state index is 0.0371. The summed E-state index contributed by atoms with van der Waals surface area (Å²) in [6.07, 6.45) is 0. The molecular weight excluding hydrogens is 222 g/mol. The number of benzene rings is 2. The van der Waals surface area contributed by atoms with Crippen molar-refractivity contribution >= 4 is 16.9 Å². The SMILES string of the molecule is N=C(N)n1c(-c2ccccc2)cc2ccccc21. The first kappa shape index (κ1) is 10.6. The molecule has 0 atom stereocenters. The summed E-state index contributed by atoms with van der Waals surface area (Å²) in [5.74, 6) is 0.0371. The summed E-state index contributed by atoms with van der Waals surface area (Å²) >= 11 is 0. The lowest BCUT2D eigenvalue weighted by Crippen LogP contribution is -2.21. The summed E-state index contributed by atoms with van der Waals surface area (Å²) in [7, 11) is 0. The Morgan fingerprint density at radius 2 is 1.61 bits per heavy atom. The fourth-order valence-electron chi connectivity index (χ4n) is 2.24. The molecule has 0 spiro atoms. The van der Waals surface area contributed by atoms with E-state index in [-0.39, 0.29) is 5.96 Å². The third-order valence-electron chi connectivity index (χ3n) is 3.02. The molecule has 2 aromatic carbocycles. The minimum atomic E-state index is 0.0371. The van der Waals surface area contributed by atoms with E-state index in [9.17, 15) is 0 Å². The number of nitrogens with two attached hydrogens (primary N) is 1. The van der Waals surface area contributed by atoms with Gasteiger partial charge in [-0.25, -0.2) is 0 Å². The quantitative estimate of drug-likeness (QED) is 0.494. The van der Waals surface area contributed by atoms with E-state index >= 15 is 0 Å². The van der Waals surface area contributed by atoms with Crippen LogP contribution < -0.4 is 5.73 Å². The molecule has 3 aromatic rings. The first-order chi connectivity index (χ1) is 8.77. The van der Waals surface area contributed by atoms with Gasteiger partial charge in [-0.2, -0.15) is 0 Å². The van der Waals surface area contributed by atoms with Gasteiger partial charge in [0.15, 0.2) is 5.96 Å². The largest absolute Gasteiger partial charge is 0.369 e. The Morgan fingerprint density at radius 1 is 0.944 bits per heavy atom. The zero-order valence-corrected chi connectivity index (χ0v) is 9.80. The Balaban J connectivity index is 2.36. The van der Waals surface area contributed by atoms with Gasteiger partial charge in [-0.15, -0.1) is 0 Å². The van der Waals surface area contributed by atoms with Crippen LogP contribution in [-0.2, 0) is 0 Å². The highest BCUT2D eigenvalue weighted by Crippen LogP contribution is 2.27. The molecule has 0 bridgehead atoms. The van der Waals surface area contributed by atoms with Crippen molar-refractivity contribution in [3.63, 3.8) is 0 Å². The number of fused-ring (bicyclic) bond motifs is 1. The summed E-state index contributed by atoms with van der Waals surface area (Å²) in [6, 6.07) is 20.0. The second-order valence-electron chi connectivity index (χ2n) is 4.18. The Kier molecular flexibility index (Phi) is 2.38. The van der Waals surface area contributed by atoms with E-state index in [4.69, 9.17) is 11.1 Å². The van der Waals surface area contributed by atoms with E-state index in [1.165, 1.54) is 0 Å². The second-order valence-corrected chi connectivity index (χ2v) is 4.18. The van der Waals surface area contributed by atoms with Crippen LogP contribution in [-0.4, -0.2) is 10.5 Å². The van der Waals surface area contributed by atoms with Crippen LogP contribution in [0.15, 0.2) is 60.7 Å². The van der Waals surface area contributed by atoms with Crippen LogP contribution in [0.4, 0.5) is 0 Å². The third-order valence-corrected chi connectivity index (χ3v) is 3.02. The van der Waals surface area contributed by atoms with Gasteiger partial charge in [0.25, 0.3) is 0 Å². The van der Waals surface area contributed by atoms with Crippen molar-refractivity contribution in [3.8, 4) is 11.3 Å². The van der Waals surface area contributed by atoms with Crippen LogP contribution in [0.5, 0.6) is 0 Å². The number of hydrogen-bond acceptors (Lipinski definition) is 1. The Bertz CT molecular complexity index is 711.